The standard InChI is InChI=1S/C14H19NOS/c1-10(2)14(16)15-9-11-5-6-13-12(8-11)4-3-7-17-13/h5-6,8,10H,3-4,7,9H2,1-2H3,(H,15,16). The second-order valence-electron chi connectivity index (χ2n) is 4.77. The molecule has 0 radical (unpaired) electrons. The third-order valence-electron chi connectivity index (χ3n) is 2.96. The molecule has 1 N–H and O–H groups in total. The molecule has 1 aromatic carbocycles. The zero-order chi connectivity index (χ0) is 12.3. The molecular weight excluding hydrogens is 230 g/mol. The Morgan fingerprint density at radius 3 is 3.06 bits per heavy atom. The van der Waals surface area contributed by atoms with Crippen LogP contribution in [0.4, 0.5) is 0 Å². The number of fused-ring (bicyclic) bond motifs is 1. The molecule has 1 aliphatic heterocycles. The molecule has 0 aliphatic carbocycles. The van der Waals surface area contributed by atoms with Gasteiger partial charge in [0.15, 0.2) is 0 Å². The Morgan fingerprint density at radius 2 is 2.29 bits per heavy atom. The molecule has 0 spiro atoms. The van der Waals surface area contributed by atoms with E-state index < -0.39 is 0 Å². The number of nitrogens with one attached hydrogen (secondary N) is 1. The van der Waals surface area contributed by atoms with Crippen LogP contribution in [0.2, 0.25) is 0 Å². The largest absolute Gasteiger partial charge is 0.352 e. The number of carbonyl (C=O) groups is 1. The molecule has 1 heterocycles. The predicted molar refractivity (Wildman–Crippen MR) is 72.2 cm³/mol. The fraction of sp³-hybridized carbons (Fsp3) is 0.500. The summed E-state index contributed by atoms with van der Waals surface area (Å²) in [5.74, 6) is 1.41. The Kier molecular flexibility index (Phi) is 4.11. The van der Waals surface area contributed by atoms with Gasteiger partial charge in [0.1, 0.15) is 0 Å². The molecule has 2 rings (SSSR count). The molecule has 3 heteroatoms. The lowest BCUT2D eigenvalue weighted by Crippen LogP contribution is -2.27. The molecular formula is C14H19NOS. The van der Waals surface area contributed by atoms with E-state index in [4.69, 9.17) is 0 Å². The van der Waals surface area contributed by atoms with Crippen molar-refractivity contribution in [3.05, 3.63) is 29.3 Å². The minimum Gasteiger partial charge on any atom is -0.352 e. The fourth-order valence-corrected chi connectivity index (χ4v) is 2.94. The van der Waals surface area contributed by atoms with E-state index in [1.165, 1.54) is 34.6 Å². The van der Waals surface area contributed by atoms with Crippen LogP contribution in [0.15, 0.2) is 23.1 Å². The molecule has 1 aliphatic rings. The molecule has 1 aromatic rings. The van der Waals surface area contributed by atoms with E-state index in [1.54, 1.807) is 0 Å². The molecule has 0 saturated carbocycles. The van der Waals surface area contributed by atoms with Crippen LogP contribution in [0, 0.1) is 5.92 Å². The lowest BCUT2D eigenvalue weighted by molar-refractivity contribution is -0.124. The quantitative estimate of drug-likeness (QED) is 0.892. The van der Waals surface area contributed by atoms with E-state index in [-0.39, 0.29) is 11.8 Å². The lowest BCUT2D eigenvalue weighted by atomic mass is 10.1. The smallest absolute Gasteiger partial charge is 0.222 e. The van der Waals surface area contributed by atoms with Crippen molar-refractivity contribution in [3.8, 4) is 0 Å². The molecule has 0 aromatic heterocycles. The van der Waals surface area contributed by atoms with Crippen LogP contribution in [0.5, 0.6) is 0 Å². The van der Waals surface area contributed by atoms with Gasteiger partial charge in [-0.1, -0.05) is 26.0 Å². The molecule has 0 unspecified atom stereocenters. The molecule has 0 atom stereocenters. The van der Waals surface area contributed by atoms with Gasteiger partial charge in [-0.15, -0.1) is 11.8 Å². The van der Waals surface area contributed by atoms with Gasteiger partial charge in [0, 0.05) is 17.4 Å². The second kappa shape index (κ2) is 5.58. The number of benzene rings is 1. The number of aryl methyl sites for hydroxylation is 1. The van der Waals surface area contributed by atoms with E-state index in [9.17, 15) is 4.79 Å². The number of hydrogen-bond donors (Lipinski definition) is 1. The Morgan fingerprint density at radius 1 is 1.47 bits per heavy atom. The third kappa shape index (κ3) is 3.25. The van der Waals surface area contributed by atoms with E-state index >= 15 is 0 Å². The molecule has 17 heavy (non-hydrogen) atoms. The summed E-state index contributed by atoms with van der Waals surface area (Å²) >= 11 is 1.94. The Hall–Kier alpha value is -0.960. The van der Waals surface area contributed by atoms with Crippen LogP contribution in [0.25, 0.3) is 0 Å². The lowest BCUT2D eigenvalue weighted by Gasteiger charge is -2.16. The molecule has 92 valence electrons. The van der Waals surface area contributed by atoms with Gasteiger partial charge in [0.2, 0.25) is 5.91 Å². The Labute approximate surface area is 107 Å². The first kappa shape index (κ1) is 12.5. The van der Waals surface area contributed by atoms with E-state index in [1.807, 2.05) is 25.6 Å². The maximum Gasteiger partial charge on any atom is 0.222 e. The summed E-state index contributed by atoms with van der Waals surface area (Å²) in [5, 5.41) is 2.96. The van der Waals surface area contributed by atoms with E-state index in [0.29, 0.717) is 6.54 Å². The summed E-state index contributed by atoms with van der Waals surface area (Å²) in [5.41, 5.74) is 2.65. The first-order chi connectivity index (χ1) is 8.16. The van der Waals surface area contributed by atoms with Gasteiger partial charge in [0.05, 0.1) is 0 Å². The first-order valence-electron chi connectivity index (χ1n) is 6.19. The summed E-state index contributed by atoms with van der Waals surface area (Å²) < 4.78 is 0. The van der Waals surface area contributed by atoms with Crippen molar-refractivity contribution < 1.29 is 4.79 Å². The maximum absolute atomic E-state index is 11.5. The SMILES string of the molecule is CC(C)C(=O)NCc1ccc2c(c1)CCCS2. The average Bonchev–Trinajstić information content (AvgIpc) is 2.35. The van der Waals surface area contributed by atoms with Crippen molar-refractivity contribution in [1.29, 1.82) is 0 Å². The summed E-state index contributed by atoms with van der Waals surface area (Å²) in [4.78, 5) is 12.9. The summed E-state index contributed by atoms with van der Waals surface area (Å²) in [6.07, 6.45) is 2.44. The van der Waals surface area contributed by atoms with Crippen LogP contribution in [0.1, 0.15) is 31.4 Å². The third-order valence-corrected chi connectivity index (χ3v) is 4.17. The number of carbonyl (C=O) groups excluding carboxylic acids is 1. The Balaban J connectivity index is 2.00. The molecule has 0 bridgehead atoms. The monoisotopic (exact) mass is 249 g/mol. The highest BCUT2D eigenvalue weighted by atomic mass is 32.2. The van der Waals surface area contributed by atoms with Crippen molar-refractivity contribution in [3.63, 3.8) is 0 Å². The zero-order valence-corrected chi connectivity index (χ0v) is 11.3. The van der Waals surface area contributed by atoms with Crippen molar-refractivity contribution in [2.24, 2.45) is 5.92 Å². The molecule has 2 nitrogen and oxygen atoms in total. The summed E-state index contributed by atoms with van der Waals surface area (Å²) in [6.45, 7) is 4.48. The van der Waals surface area contributed by atoms with Gasteiger partial charge in [0.25, 0.3) is 0 Å². The van der Waals surface area contributed by atoms with Gasteiger partial charge in [-0.2, -0.15) is 0 Å². The van der Waals surface area contributed by atoms with Crippen molar-refractivity contribution >= 4 is 17.7 Å². The van der Waals surface area contributed by atoms with Crippen LogP contribution in [-0.2, 0) is 17.8 Å². The Bertz CT molecular complexity index is 415. The van der Waals surface area contributed by atoms with E-state index in [0.717, 1.165) is 0 Å². The highest BCUT2D eigenvalue weighted by Gasteiger charge is 2.11. The number of thioether (sulfide) groups is 1. The van der Waals surface area contributed by atoms with Crippen molar-refractivity contribution in [2.75, 3.05) is 5.75 Å². The minimum atomic E-state index is 0.0585. The normalized spacial score (nSPS) is 14.5. The second-order valence-corrected chi connectivity index (χ2v) is 5.90. The summed E-state index contributed by atoms with van der Waals surface area (Å²) in [6, 6.07) is 6.55. The van der Waals surface area contributed by atoms with Crippen molar-refractivity contribution in [1.82, 2.24) is 5.32 Å². The van der Waals surface area contributed by atoms with Crippen LogP contribution >= 0.6 is 11.8 Å². The zero-order valence-electron chi connectivity index (χ0n) is 10.5. The number of amides is 1. The molecule has 0 saturated heterocycles. The van der Waals surface area contributed by atoms with Gasteiger partial charge in [-0.05, 0) is 35.8 Å². The van der Waals surface area contributed by atoms with Gasteiger partial charge in [-0.25, -0.2) is 0 Å². The first-order valence-corrected chi connectivity index (χ1v) is 7.17. The number of hydrogen-bond acceptors (Lipinski definition) is 2. The van der Waals surface area contributed by atoms with Crippen LogP contribution in [-0.4, -0.2) is 11.7 Å². The van der Waals surface area contributed by atoms with Gasteiger partial charge in [-0.3, -0.25) is 4.79 Å². The molecule has 1 amide bonds. The predicted octanol–water partition coefficient (Wildman–Crippen LogP) is 3.00. The van der Waals surface area contributed by atoms with Crippen LogP contribution < -0.4 is 5.32 Å². The van der Waals surface area contributed by atoms with E-state index in [2.05, 4.69) is 23.5 Å². The fourth-order valence-electron chi connectivity index (χ4n) is 1.92. The minimum absolute atomic E-state index is 0.0585. The topological polar surface area (TPSA) is 29.1 Å². The van der Waals surface area contributed by atoms with Gasteiger partial charge < -0.3 is 5.32 Å². The summed E-state index contributed by atoms with van der Waals surface area (Å²) in [7, 11) is 0. The molecule has 0 fully saturated rings. The van der Waals surface area contributed by atoms with Crippen molar-refractivity contribution in [2.45, 2.75) is 38.1 Å². The average molecular weight is 249 g/mol. The highest BCUT2D eigenvalue weighted by Crippen LogP contribution is 2.30. The number of rotatable bonds is 3. The highest BCUT2D eigenvalue weighted by molar-refractivity contribution is 7.99. The van der Waals surface area contributed by atoms with Gasteiger partial charge >= 0.3 is 0 Å². The van der Waals surface area contributed by atoms with Crippen LogP contribution in [0.3, 0.4) is 0 Å². The maximum atomic E-state index is 11.5.